The number of likely N-dealkylation sites (tertiary alicyclic amines) is 1. The van der Waals surface area contributed by atoms with Crippen LogP contribution in [0.1, 0.15) is 23.2 Å². The second kappa shape index (κ2) is 5.24. The molecule has 2 heterocycles. The van der Waals surface area contributed by atoms with Crippen molar-refractivity contribution in [1.29, 1.82) is 0 Å². The number of hydrogen-bond donors (Lipinski definition) is 1. The molecule has 6 heteroatoms. The number of piperidine rings is 1. The summed E-state index contributed by atoms with van der Waals surface area (Å²) in [7, 11) is 0. The Morgan fingerprint density at radius 2 is 1.90 bits per heavy atom. The van der Waals surface area contributed by atoms with Crippen LogP contribution < -0.4 is 0 Å². The van der Waals surface area contributed by atoms with Crippen molar-refractivity contribution in [2.75, 3.05) is 26.3 Å². The average molecular weight is 298 g/mol. The summed E-state index contributed by atoms with van der Waals surface area (Å²) in [5.41, 5.74) is 0.238. The molecule has 0 bridgehead atoms. The van der Waals surface area contributed by atoms with Gasteiger partial charge < -0.3 is 19.5 Å². The average Bonchev–Trinajstić information content (AvgIpc) is 2.90. The number of nitrogens with zero attached hydrogens (tertiary/aromatic N) is 1. The van der Waals surface area contributed by atoms with Crippen LogP contribution in [0.25, 0.3) is 0 Å². The molecule has 1 aromatic carbocycles. The lowest BCUT2D eigenvalue weighted by molar-refractivity contribution is -0.181. The van der Waals surface area contributed by atoms with Gasteiger partial charge in [0.05, 0.1) is 18.8 Å². The fraction of sp³-hybridized carbons (Fsp3) is 0.500. The SMILES string of the molecule is O=C(c1cc(Cl)ccc1O)N1CCC2(CC1)OCCO2. The summed E-state index contributed by atoms with van der Waals surface area (Å²) < 4.78 is 11.3. The lowest BCUT2D eigenvalue weighted by Crippen LogP contribution is -2.47. The van der Waals surface area contributed by atoms with Crippen molar-refractivity contribution >= 4 is 17.5 Å². The molecule has 0 atom stereocenters. The van der Waals surface area contributed by atoms with Gasteiger partial charge in [-0.05, 0) is 18.2 Å². The third-order valence-corrected chi connectivity index (χ3v) is 4.05. The van der Waals surface area contributed by atoms with Crippen molar-refractivity contribution in [3.05, 3.63) is 28.8 Å². The van der Waals surface area contributed by atoms with E-state index in [4.69, 9.17) is 21.1 Å². The molecule has 20 heavy (non-hydrogen) atoms. The van der Waals surface area contributed by atoms with Crippen molar-refractivity contribution in [2.45, 2.75) is 18.6 Å². The van der Waals surface area contributed by atoms with Crippen molar-refractivity contribution in [2.24, 2.45) is 0 Å². The van der Waals surface area contributed by atoms with Gasteiger partial charge in [-0.1, -0.05) is 11.6 Å². The molecule has 1 spiro atoms. The van der Waals surface area contributed by atoms with E-state index in [0.29, 0.717) is 44.2 Å². The predicted molar refractivity (Wildman–Crippen MR) is 72.9 cm³/mol. The topological polar surface area (TPSA) is 59.0 Å². The van der Waals surface area contributed by atoms with E-state index in [-0.39, 0.29) is 17.2 Å². The lowest BCUT2D eigenvalue weighted by atomic mass is 10.0. The van der Waals surface area contributed by atoms with Crippen LogP contribution in [0.3, 0.4) is 0 Å². The number of aromatic hydroxyl groups is 1. The van der Waals surface area contributed by atoms with Gasteiger partial charge in [-0.25, -0.2) is 0 Å². The van der Waals surface area contributed by atoms with E-state index < -0.39 is 5.79 Å². The first kappa shape index (κ1) is 13.7. The number of amides is 1. The van der Waals surface area contributed by atoms with Crippen molar-refractivity contribution in [3.63, 3.8) is 0 Å². The first-order valence-electron chi connectivity index (χ1n) is 6.65. The van der Waals surface area contributed by atoms with E-state index >= 15 is 0 Å². The molecule has 0 saturated carbocycles. The first-order chi connectivity index (χ1) is 9.60. The summed E-state index contributed by atoms with van der Waals surface area (Å²) in [5, 5.41) is 10.2. The van der Waals surface area contributed by atoms with Gasteiger partial charge in [-0.15, -0.1) is 0 Å². The Hall–Kier alpha value is -1.30. The van der Waals surface area contributed by atoms with E-state index in [1.807, 2.05) is 0 Å². The van der Waals surface area contributed by atoms with Crippen LogP contribution in [0.5, 0.6) is 5.75 Å². The zero-order valence-corrected chi connectivity index (χ0v) is 11.7. The summed E-state index contributed by atoms with van der Waals surface area (Å²) in [6.07, 6.45) is 1.31. The van der Waals surface area contributed by atoms with Gasteiger partial charge in [0, 0.05) is 31.0 Å². The van der Waals surface area contributed by atoms with Crippen LogP contribution in [0, 0.1) is 0 Å². The molecule has 2 aliphatic heterocycles. The van der Waals surface area contributed by atoms with Gasteiger partial charge in [-0.3, -0.25) is 4.79 Å². The third-order valence-electron chi connectivity index (χ3n) is 3.82. The minimum atomic E-state index is -0.507. The van der Waals surface area contributed by atoms with Gasteiger partial charge >= 0.3 is 0 Å². The molecule has 5 nitrogen and oxygen atoms in total. The first-order valence-corrected chi connectivity index (χ1v) is 7.03. The van der Waals surface area contributed by atoms with E-state index in [1.165, 1.54) is 12.1 Å². The molecule has 2 aliphatic rings. The minimum Gasteiger partial charge on any atom is -0.507 e. The molecule has 108 valence electrons. The summed E-state index contributed by atoms with van der Waals surface area (Å²) in [4.78, 5) is 14.1. The summed E-state index contributed by atoms with van der Waals surface area (Å²) in [6, 6.07) is 4.48. The highest BCUT2D eigenvalue weighted by molar-refractivity contribution is 6.31. The Balaban J connectivity index is 1.71. The fourth-order valence-electron chi connectivity index (χ4n) is 2.69. The highest BCUT2D eigenvalue weighted by atomic mass is 35.5. The molecule has 0 radical (unpaired) electrons. The molecule has 1 aromatic rings. The monoisotopic (exact) mass is 297 g/mol. The number of carbonyl (C=O) groups excluding carboxylic acids is 1. The molecule has 2 saturated heterocycles. The molecule has 2 fully saturated rings. The van der Waals surface area contributed by atoms with Crippen molar-refractivity contribution in [3.8, 4) is 5.75 Å². The van der Waals surface area contributed by atoms with Crippen LogP contribution in [0.2, 0.25) is 5.02 Å². The summed E-state index contributed by atoms with van der Waals surface area (Å²) >= 11 is 5.88. The smallest absolute Gasteiger partial charge is 0.257 e. The van der Waals surface area contributed by atoms with Gasteiger partial charge in [0.1, 0.15) is 5.75 Å². The Bertz CT molecular complexity index is 518. The molecular weight excluding hydrogens is 282 g/mol. The van der Waals surface area contributed by atoms with Crippen molar-refractivity contribution in [1.82, 2.24) is 4.90 Å². The van der Waals surface area contributed by atoms with Crippen LogP contribution >= 0.6 is 11.6 Å². The molecule has 0 aliphatic carbocycles. The molecule has 1 amide bonds. The molecule has 0 unspecified atom stereocenters. The van der Waals surface area contributed by atoms with Crippen LogP contribution in [-0.2, 0) is 9.47 Å². The number of benzene rings is 1. The highest BCUT2D eigenvalue weighted by Gasteiger charge is 2.41. The van der Waals surface area contributed by atoms with E-state index in [0.717, 1.165) is 0 Å². The normalized spacial score (nSPS) is 21.4. The minimum absolute atomic E-state index is 0.0481. The summed E-state index contributed by atoms with van der Waals surface area (Å²) in [6.45, 7) is 2.32. The van der Waals surface area contributed by atoms with Crippen LogP contribution in [-0.4, -0.2) is 48.0 Å². The number of hydrogen-bond acceptors (Lipinski definition) is 4. The number of carbonyl (C=O) groups is 1. The number of rotatable bonds is 1. The number of halogens is 1. The number of phenolic OH excluding ortho intramolecular Hbond substituents is 1. The molecular formula is C14H16ClNO4. The van der Waals surface area contributed by atoms with Crippen molar-refractivity contribution < 1.29 is 19.4 Å². The maximum atomic E-state index is 12.4. The zero-order valence-electron chi connectivity index (χ0n) is 11.0. The number of ether oxygens (including phenoxy) is 2. The second-order valence-electron chi connectivity index (χ2n) is 5.06. The Morgan fingerprint density at radius 1 is 1.25 bits per heavy atom. The Labute approximate surface area is 122 Å². The quantitative estimate of drug-likeness (QED) is 0.861. The van der Waals surface area contributed by atoms with Gasteiger partial charge in [0.2, 0.25) is 0 Å². The van der Waals surface area contributed by atoms with Gasteiger partial charge in [-0.2, -0.15) is 0 Å². The van der Waals surface area contributed by atoms with E-state index in [9.17, 15) is 9.90 Å². The lowest BCUT2D eigenvalue weighted by Gasteiger charge is -2.37. The molecule has 1 N–H and O–H groups in total. The number of phenols is 1. The van der Waals surface area contributed by atoms with Gasteiger partial charge in [0.15, 0.2) is 5.79 Å². The van der Waals surface area contributed by atoms with E-state index in [1.54, 1.807) is 11.0 Å². The third kappa shape index (κ3) is 2.49. The zero-order chi connectivity index (χ0) is 14.2. The highest BCUT2D eigenvalue weighted by Crippen LogP contribution is 2.32. The standard InChI is InChI=1S/C14H16ClNO4/c15-10-1-2-12(17)11(9-10)13(18)16-5-3-14(4-6-16)19-7-8-20-14/h1-2,9,17H,3-8H2. The largest absolute Gasteiger partial charge is 0.507 e. The maximum Gasteiger partial charge on any atom is 0.257 e. The Morgan fingerprint density at radius 3 is 2.55 bits per heavy atom. The van der Waals surface area contributed by atoms with Crippen LogP contribution in [0.4, 0.5) is 0 Å². The Kier molecular flexibility index (Phi) is 3.58. The molecule has 3 rings (SSSR count). The van der Waals surface area contributed by atoms with Crippen LogP contribution in [0.15, 0.2) is 18.2 Å². The summed E-state index contributed by atoms with van der Waals surface area (Å²) in [5.74, 6) is -0.765. The van der Waals surface area contributed by atoms with E-state index in [2.05, 4.69) is 0 Å². The second-order valence-corrected chi connectivity index (χ2v) is 5.50. The van der Waals surface area contributed by atoms with Gasteiger partial charge in [0.25, 0.3) is 5.91 Å². The molecule has 0 aromatic heterocycles. The predicted octanol–water partition coefficient (Wildman–Crippen LogP) is 2.02. The fourth-order valence-corrected chi connectivity index (χ4v) is 2.86. The maximum absolute atomic E-state index is 12.4.